The number of hydrogen-bond acceptors (Lipinski definition) is 3. The molecule has 31 heavy (non-hydrogen) atoms. The quantitative estimate of drug-likeness (QED) is 0.462. The molecule has 0 spiro atoms. The van der Waals surface area contributed by atoms with E-state index in [-0.39, 0.29) is 17.8 Å². The van der Waals surface area contributed by atoms with Crippen molar-refractivity contribution < 1.29 is 9.18 Å². The lowest BCUT2D eigenvalue weighted by atomic mass is 10.1. The first kappa shape index (κ1) is 19.2. The van der Waals surface area contributed by atoms with Crippen LogP contribution in [0.15, 0.2) is 78.9 Å². The van der Waals surface area contributed by atoms with Crippen LogP contribution >= 0.6 is 0 Å². The van der Waals surface area contributed by atoms with Crippen molar-refractivity contribution in [3.05, 3.63) is 107 Å². The van der Waals surface area contributed by atoms with Crippen LogP contribution < -0.4 is 10.6 Å². The predicted octanol–water partition coefficient (Wildman–Crippen LogP) is 5.40. The van der Waals surface area contributed by atoms with E-state index < -0.39 is 0 Å². The van der Waals surface area contributed by atoms with Gasteiger partial charge in [0.2, 0.25) is 0 Å². The number of hydrogen-bond donors (Lipinski definition) is 2. The molecule has 0 aliphatic heterocycles. The topological polar surface area (TPSA) is 54.0 Å². The first-order valence-corrected chi connectivity index (χ1v) is 10.4. The highest BCUT2D eigenvalue weighted by Gasteiger charge is 2.22. The predicted molar refractivity (Wildman–Crippen MR) is 120 cm³/mol. The number of aryl methyl sites for hydroxylation is 1. The Kier molecular flexibility index (Phi) is 5.08. The average Bonchev–Trinajstić information content (AvgIpc) is 3.21. The second kappa shape index (κ2) is 8.19. The van der Waals surface area contributed by atoms with Gasteiger partial charge in [0.25, 0.3) is 5.91 Å². The maximum atomic E-state index is 13.0. The summed E-state index contributed by atoms with van der Waals surface area (Å²) in [6, 6.07) is 24.4. The lowest BCUT2D eigenvalue weighted by Crippen LogP contribution is -2.22. The minimum Gasteiger partial charge on any atom is -0.363 e. The van der Waals surface area contributed by atoms with E-state index in [0.29, 0.717) is 12.1 Å². The van der Waals surface area contributed by atoms with Gasteiger partial charge in [0.1, 0.15) is 11.6 Å². The molecule has 0 radical (unpaired) electrons. The first-order chi connectivity index (χ1) is 15.2. The number of rotatable bonds is 5. The maximum absolute atomic E-state index is 13.0. The number of benzene rings is 3. The molecular formula is C26H22FN3O. The fourth-order valence-electron chi connectivity index (χ4n) is 4.12. The Morgan fingerprint density at radius 3 is 2.71 bits per heavy atom. The van der Waals surface area contributed by atoms with Crippen LogP contribution in [0.3, 0.4) is 0 Å². The minimum absolute atomic E-state index is 0.170. The summed E-state index contributed by atoms with van der Waals surface area (Å²) in [7, 11) is 0. The third kappa shape index (κ3) is 4.12. The zero-order valence-electron chi connectivity index (χ0n) is 16.9. The number of nitrogens with zero attached hydrogens (tertiary/aromatic N) is 1. The summed E-state index contributed by atoms with van der Waals surface area (Å²) >= 11 is 0. The van der Waals surface area contributed by atoms with E-state index >= 15 is 0 Å². The molecule has 4 nitrogen and oxygen atoms in total. The largest absolute Gasteiger partial charge is 0.363 e. The summed E-state index contributed by atoms with van der Waals surface area (Å²) in [6.07, 6.45) is 2.14. The van der Waals surface area contributed by atoms with Gasteiger partial charge in [-0.2, -0.15) is 0 Å². The highest BCUT2D eigenvalue weighted by atomic mass is 19.1. The van der Waals surface area contributed by atoms with E-state index in [4.69, 9.17) is 4.98 Å². The van der Waals surface area contributed by atoms with Crippen molar-refractivity contribution >= 4 is 22.6 Å². The van der Waals surface area contributed by atoms with Gasteiger partial charge in [-0.1, -0.05) is 36.4 Å². The highest BCUT2D eigenvalue weighted by Crippen LogP contribution is 2.33. The van der Waals surface area contributed by atoms with Crippen LogP contribution in [0.2, 0.25) is 0 Å². The van der Waals surface area contributed by atoms with E-state index in [2.05, 4.69) is 34.9 Å². The molecule has 1 aromatic heterocycles. The maximum Gasteiger partial charge on any atom is 0.251 e. The van der Waals surface area contributed by atoms with Crippen LogP contribution in [0.1, 0.15) is 39.5 Å². The molecule has 1 atom stereocenters. The van der Waals surface area contributed by atoms with Crippen LogP contribution in [0.4, 0.5) is 10.2 Å². The number of amides is 1. The van der Waals surface area contributed by atoms with Crippen LogP contribution in [-0.4, -0.2) is 10.9 Å². The third-order valence-electron chi connectivity index (χ3n) is 5.77. The minimum atomic E-state index is -0.289. The number of aromatic nitrogens is 1. The molecule has 2 N–H and O–H groups in total. The van der Waals surface area contributed by atoms with Crippen LogP contribution in [0.25, 0.3) is 10.9 Å². The number of halogens is 1. The molecule has 0 bridgehead atoms. The van der Waals surface area contributed by atoms with Crippen molar-refractivity contribution in [2.45, 2.75) is 25.4 Å². The molecule has 154 valence electrons. The summed E-state index contributed by atoms with van der Waals surface area (Å²) in [5.74, 6) is 0.377. The van der Waals surface area contributed by atoms with Crippen molar-refractivity contribution in [3.8, 4) is 0 Å². The fourth-order valence-corrected chi connectivity index (χ4v) is 4.12. The van der Waals surface area contributed by atoms with Gasteiger partial charge < -0.3 is 10.6 Å². The third-order valence-corrected chi connectivity index (χ3v) is 5.77. The van der Waals surface area contributed by atoms with Gasteiger partial charge in [0, 0.05) is 17.5 Å². The van der Waals surface area contributed by atoms with Gasteiger partial charge in [0.15, 0.2) is 0 Å². The Morgan fingerprint density at radius 1 is 1.00 bits per heavy atom. The molecule has 5 rings (SSSR count). The number of nitrogens with one attached hydrogen (secondary N) is 2. The second-order valence-corrected chi connectivity index (χ2v) is 7.85. The van der Waals surface area contributed by atoms with E-state index in [9.17, 15) is 9.18 Å². The van der Waals surface area contributed by atoms with Gasteiger partial charge >= 0.3 is 0 Å². The van der Waals surface area contributed by atoms with E-state index in [0.717, 1.165) is 35.1 Å². The van der Waals surface area contributed by atoms with Crippen molar-refractivity contribution in [1.82, 2.24) is 10.3 Å². The van der Waals surface area contributed by atoms with Crippen LogP contribution in [0.5, 0.6) is 0 Å². The molecule has 4 aromatic rings. The van der Waals surface area contributed by atoms with Crippen molar-refractivity contribution in [2.75, 3.05) is 5.32 Å². The Balaban J connectivity index is 1.28. The van der Waals surface area contributed by atoms with Crippen molar-refractivity contribution in [3.63, 3.8) is 0 Å². The normalized spacial score (nSPS) is 14.9. The molecule has 0 saturated heterocycles. The molecule has 1 heterocycles. The number of pyridine rings is 1. The molecule has 1 aliphatic rings. The van der Waals surface area contributed by atoms with Gasteiger partial charge in [-0.3, -0.25) is 4.79 Å². The summed E-state index contributed by atoms with van der Waals surface area (Å²) < 4.78 is 13.0. The summed E-state index contributed by atoms with van der Waals surface area (Å²) in [6.45, 7) is 0.348. The lowest BCUT2D eigenvalue weighted by molar-refractivity contribution is 0.0951. The van der Waals surface area contributed by atoms with Gasteiger partial charge in [0.05, 0.1) is 11.6 Å². The first-order valence-electron chi connectivity index (χ1n) is 10.4. The Morgan fingerprint density at radius 2 is 1.84 bits per heavy atom. The molecular weight excluding hydrogens is 389 g/mol. The monoisotopic (exact) mass is 411 g/mol. The zero-order valence-corrected chi connectivity index (χ0v) is 16.9. The van der Waals surface area contributed by atoms with Gasteiger partial charge in [-0.15, -0.1) is 0 Å². The van der Waals surface area contributed by atoms with Gasteiger partial charge in [-0.25, -0.2) is 9.37 Å². The molecule has 3 aromatic carbocycles. The van der Waals surface area contributed by atoms with Crippen LogP contribution in [0, 0.1) is 5.82 Å². The standard InChI is InChI=1S/C26H22FN3O/c27-21-10-5-17(6-11-21)16-28-26(31)20-8-12-23-19(15-20)9-14-25(29-23)30-24-13-7-18-3-1-2-4-22(18)24/h1-6,8-12,14-15,24H,7,13,16H2,(H,28,31)(H,29,30)/t24-/m1/s1. The summed E-state index contributed by atoms with van der Waals surface area (Å²) in [5, 5.41) is 7.34. The molecule has 0 unspecified atom stereocenters. The molecule has 1 aliphatic carbocycles. The molecule has 5 heteroatoms. The number of fused-ring (bicyclic) bond motifs is 2. The van der Waals surface area contributed by atoms with Gasteiger partial charge in [-0.05, 0) is 72.0 Å². The van der Waals surface area contributed by atoms with Crippen molar-refractivity contribution in [1.29, 1.82) is 0 Å². The number of carbonyl (C=O) groups is 1. The summed E-state index contributed by atoms with van der Waals surface area (Å²) in [4.78, 5) is 17.3. The smallest absolute Gasteiger partial charge is 0.251 e. The Labute approximate surface area is 180 Å². The van der Waals surface area contributed by atoms with Crippen LogP contribution in [-0.2, 0) is 13.0 Å². The Bertz CT molecular complexity index is 1250. The number of anilines is 1. The van der Waals surface area contributed by atoms with E-state index in [1.54, 1.807) is 18.2 Å². The second-order valence-electron chi connectivity index (χ2n) is 7.85. The fraction of sp³-hybridized carbons (Fsp3) is 0.154. The highest BCUT2D eigenvalue weighted by molar-refractivity contribution is 5.98. The van der Waals surface area contributed by atoms with E-state index in [1.165, 1.54) is 23.3 Å². The molecule has 0 saturated carbocycles. The summed E-state index contributed by atoms with van der Waals surface area (Å²) in [5.41, 5.74) is 5.00. The average molecular weight is 411 g/mol. The molecule has 1 amide bonds. The Hall–Kier alpha value is -3.73. The molecule has 0 fully saturated rings. The van der Waals surface area contributed by atoms with Crippen molar-refractivity contribution in [2.24, 2.45) is 0 Å². The lowest BCUT2D eigenvalue weighted by Gasteiger charge is -2.15. The SMILES string of the molecule is O=C(NCc1ccc(F)cc1)c1ccc2nc(N[C@@H]3CCc4ccccc43)ccc2c1. The number of carbonyl (C=O) groups excluding carboxylic acids is 1. The van der Waals surface area contributed by atoms with E-state index in [1.807, 2.05) is 24.3 Å². The zero-order chi connectivity index (χ0) is 21.2.